The summed E-state index contributed by atoms with van der Waals surface area (Å²) in [6.07, 6.45) is 2.21. The van der Waals surface area contributed by atoms with Gasteiger partial charge in [0.2, 0.25) is 17.6 Å². The molecule has 156 valence electrons. The van der Waals surface area contributed by atoms with E-state index in [-0.39, 0.29) is 42.6 Å². The summed E-state index contributed by atoms with van der Waals surface area (Å²) in [7, 11) is 4.59. The van der Waals surface area contributed by atoms with Gasteiger partial charge in [-0.1, -0.05) is 0 Å². The van der Waals surface area contributed by atoms with Gasteiger partial charge in [0, 0.05) is 37.7 Å². The van der Waals surface area contributed by atoms with E-state index in [1.165, 1.54) is 21.3 Å². The van der Waals surface area contributed by atoms with E-state index < -0.39 is 0 Å². The predicted molar refractivity (Wildman–Crippen MR) is 108 cm³/mol. The Morgan fingerprint density at radius 2 is 1.86 bits per heavy atom. The van der Waals surface area contributed by atoms with Gasteiger partial charge >= 0.3 is 0 Å². The van der Waals surface area contributed by atoms with Crippen LogP contribution in [0.3, 0.4) is 0 Å². The van der Waals surface area contributed by atoms with Gasteiger partial charge in [0.25, 0.3) is 0 Å². The Morgan fingerprint density at radius 1 is 1.18 bits per heavy atom. The molecule has 2 aliphatic heterocycles. The summed E-state index contributed by atoms with van der Waals surface area (Å²) in [4.78, 5) is 26.8. The fourth-order valence-corrected chi connectivity index (χ4v) is 3.65. The Balaban J connectivity index is 0.00000280. The molecule has 2 aliphatic rings. The van der Waals surface area contributed by atoms with Crippen molar-refractivity contribution in [2.24, 2.45) is 5.92 Å². The van der Waals surface area contributed by atoms with Crippen LogP contribution in [0.2, 0.25) is 0 Å². The van der Waals surface area contributed by atoms with Crippen LogP contribution >= 0.6 is 12.4 Å². The molecule has 0 spiro atoms. The first-order chi connectivity index (χ1) is 13.1. The molecule has 1 aromatic rings. The molecule has 1 aromatic carbocycles. The first-order valence-corrected chi connectivity index (χ1v) is 9.18. The smallest absolute Gasteiger partial charge is 0.227 e. The number of hydrogen-bond donors (Lipinski definition) is 2. The second-order valence-corrected chi connectivity index (χ2v) is 6.84. The van der Waals surface area contributed by atoms with E-state index in [2.05, 4.69) is 10.6 Å². The van der Waals surface area contributed by atoms with Crippen LogP contribution in [0.1, 0.15) is 19.3 Å². The third-order valence-corrected chi connectivity index (χ3v) is 5.10. The Hall–Kier alpha value is -2.19. The molecule has 3 rings (SSSR count). The summed E-state index contributed by atoms with van der Waals surface area (Å²) in [5.74, 6) is 0.896. The highest BCUT2D eigenvalue weighted by molar-refractivity contribution is 6.00. The number of halogens is 1. The highest BCUT2D eigenvalue weighted by atomic mass is 35.5. The van der Waals surface area contributed by atoms with E-state index in [9.17, 15) is 9.59 Å². The Morgan fingerprint density at radius 3 is 2.39 bits per heavy atom. The highest BCUT2D eigenvalue weighted by Crippen LogP contribution is 2.42. The van der Waals surface area contributed by atoms with Gasteiger partial charge < -0.3 is 29.7 Å². The molecule has 9 heteroatoms. The predicted octanol–water partition coefficient (Wildman–Crippen LogP) is 1.36. The lowest BCUT2D eigenvalue weighted by Crippen LogP contribution is -2.47. The van der Waals surface area contributed by atoms with Crippen molar-refractivity contribution in [3.63, 3.8) is 0 Å². The SMILES string of the molecule is COc1cc(N2CC(C(=O)N[C@H]3CCCNC3)CC2=O)cc(OC)c1OC.Cl. The zero-order valence-corrected chi connectivity index (χ0v) is 17.3. The van der Waals surface area contributed by atoms with Gasteiger partial charge in [-0.3, -0.25) is 9.59 Å². The van der Waals surface area contributed by atoms with E-state index in [0.717, 1.165) is 25.9 Å². The number of carbonyl (C=O) groups is 2. The summed E-state index contributed by atoms with van der Waals surface area (Å²) in [6, 6.07) is 3.59. The molecule has 28 heavy (non-hydrogen) atoms. The maximum Gasteiger partial charge on any atom is 0.227 e. The number of hydrogen-bond acceptors (Lipinski definition) is 6. The topological polar surface area (TPSA) is 89.1 Å². The van der Waals surface area contributed by atoms with Crippen LogP contribution in [0.25, 0.3) is 0 Å². The third-order valence-electron chi connectivity index (χ3n) is 5.10. The average Bonchev–Trinajstić information content (AvgIpc) is 3.09. The third kappa shape index (κ3) is 4.62. The number of benzene rings is 1. The number of ether oxygens (including phenoxy) is 3. The molecule has 0 radical (unpaired) electrons. The lowest BCUT2D eigenvalue weighted by molar-refractivity contribution is -0.127. The van der Waals surface area contributed by atoms with E-state index in [4.69, 9.17) is 14.2 Å². The second-order valence-electron chi connectivity index (χ2n) is 6.84. The van der Waals surface area contributed by atoms with Gasteiger partial charge in [-0.05, 0) is 19.4 Å². The number of anilines is 1. The van der Waals surface area contributed by atoms with Gasteiger partial charge in [0.15, 0.2) is 11.5 Å². The molecule has 2 atom stereocenters. The minimum Gasteiger partial charge on any atom is -0.493 e. The first kappa shape index (κ1) is 22.1. The van der Waals surface area contributed by atoms with Crippen LogP contribution in [0.4, 0.5) is 5.69 Å². The van der Waals surface area contributed by atoms with Gasteiger partial charge in [-0.2, -0.15) is 0 Å². The molecule has 8 nitrogen and oxygen atoms in total. The zero-order chi connectivity index (χ0) is 19.4. The van der Waals surface area contributed by atoms with Crippen LogP contribution in [-0.2, 0) is 9.59 Å². The molecule has 2 heterocycles. The number of rotatable bonds is 6. The monoisotopic (exact) mass is 413 g/mol. The summed E-state index contributed by atoms with van der Waals surface area (Å²) in [6.45, 7) is 2.11. The molecule has 0 aliphatic carbocycles. The quantitative estimate of drug-likeness (QED) is 0.732. The second kappa shape index (κ2) is 9.84. The molecule has 1 unspecified atom stereocenters. The highest BCUT2D eigenvalue weighted by Gasteiger charge is 2.36. The Labute approximate surface area is 171 Å². The molecule has 2 amide bonds. The Bertz CT molecular complexity index is 684. The van der Waals surface area contributed by atoms with Crippen LogP contribution in [0.5, 0.6) is 17.2 Å². The molecule has 2 saturated heterocycles. The van der Waals surface area contributed by atoms with Gasteiger partial charge in [-0.25, -0.2) is 0 Å². The number of carbonyl (C=O) groups excluding carboxylic acids is 2. The molecule has 0 bridgehead atoms. The number of methoxy groups -OCH3 is 3. The summed E-state index contributed by atoms with van der Waals surface area (Å²) in [5.41, 5.74) is 0.629. The lowest BCUT2D eigenvalue weighted by atomic mass is 10.0. The van der Waals surface area contributed by atoms with E-state index in [1.807, 2.05) is 0 Å². The van der Waals surface area contributed by atoms with Crippen molar-refractivity contribution in [3.8, 4) is 17.2 Å². The largest absolute Gasteiger partial charge is 0.493 e. The summed E-state index contributed by atoms with van der Waals surface area (Å²) >= 11 is 0. The summed E-state index contributed by atoms with van der Waals surface area (Å²) < 4.78 is 16.0. The minimum atomic E-state index is -0.362. The van der Waals surface area contributed by atoms with Crippen molar-refractivity contribution in [3.05, 3.63) is 12.1 Å². The maximum atomic E-state index is 12.6. The van der Waals surface area contributed by atoms with Crippen LogP contribution < -0.4 is 29.7 Å². The molecule has 0 saturated carbocycles. The maximum absolute atomic E-state index is 12.6. The van der Waals surface area contributed by atoms with E-state index in [0.29, 0.717) is 29.5 Å². The molecule has 0 aromatic heterocycles. The van der Waals surface area contributed by atoms with Crippen molar-refractivity contribution >= 4 is 29.9 Å². The van der Waals surface area contributed by atoms with Crippen molar-refractivity contribution in [2.45, 2.75) is 25.3 Å². The van der Waals surface area contributed by atoms with E-state index in [1.54, 1.807) is 17.0 Å². The Kier molecular flexibility index (Phi) is 7.77. The van der Waals surface area contributed by atoms with Crippen LogP contribution in [0.15, 0.2) is 12.1 Å². The van der Waals surface area contributed by atoms with Crippen molar-refractivity contribution < 1.29 is 23.8 Å². The molecular formula is C19H28ClN3O5. The van der Waals surface area contributed by atoms with Crippen LogP contribution in [0, 0.1) is 5.92 Å². The number of nitrogens with one attached hydrogen (secondary N) is 2. The number of amides is 2. The molecule has 2 fully saturated rings. The zero-order valence-electron chi connectivity index (χ0n) is 16.4. The first-order valence-electron chi connectivity index (χ1n) is 9.18. The standard InChI is InChI=1S/C19H27N3O5.ClH/c1-25-15-8-14(9-16(26-2)18(15)27-3)22-11-12(7-17(22)23)19(24)21-13-5-4-6-20-10-13;/h8-9,12-13,20H,4-7,10-11H2,1-3H3,(H,21,24);1H/t12?,13-;/m0./s1. The van der Waals surface area contributed by atoms with Gasteiger partial charge in [-0.15, -0.1) is 12.4 Å². The number of nitrogens with zero attached hydrogens (tertiary/aromatic N) is 1. The fourth-order valence-electron chi connectivity index (χ4n) is 3.65. The van der Waals surface area contributed by atoms with Crippen molar-refractivity contribution in [2.75, 3.05) is 45.9 Å². The van der Waals surface area contributed by atoms with Crippen molar-refractivity contribution in [1.29, 1.82) is 0 Å². The molecule has 2 N–H and O–H groups in total. The average molecular weight is 414 g/mol. The summed E-state index contributed by atoms with van der Waals surface area (Å²) in [5, 5.41) is 6.35. The fraction of sp³-hybridized carbons (Fsp3) is 0.579. The van der Waals surface area contributed by atoms with Gasteiger partial charge in [0.05, 0.1) is 32.9 Å². The number of piperidine rings is 1. The minimum absolute atomic E-state index is 0. The molecular weight excluding hydrogens is 386 g/mol. The van der Waals surface area contributed by atoms with Gasteiger partial charge in [0.1, 0.15) is 0 Å². The lowest BCUT2D eigenvalue weighted by Gasteiger charge is -2.25. The normalized spacial score (nSPS) is 21.7. The van der Waals surface area contributed by atoms with Crippen LogP contribution in [-0.4, -0.2) is 58.8 Å². The van der Waals surface area contributed by atoms with Crippen molar-refractivity contribution in [1.82, 2.24) is 10.6 Å². The van der Waals surface area contributed by atoms with E-state index >= 15 is 0 Å².